The second kappa shape index (κ2) is 9.19. The predicted octanol–water partition coefficient (Wildman–Crippen LogP) is 11.8. The van der Waals surface area contributed by atoms with E-state index in [1.165, 1.54) is 104 Å². The molecule has 3 aliphatic rings. The van der Waals surface area contributed by atoms with Crippen molar-refractivity contribution in [3.8, 4) is 22.3 Å². The molecule has 0 saturated heterocycles. The van der Waals surface area contributed by atoms with Crippen molar-refractivity contribution >= 4 is 27.8 Å². The van der Waals surface area contributed by atoms with Crippen LogP contribution in [0.5, 0.6) is 0 Å². The van der Waals surface area contributed by atoms with Crippen LogP contribution < -0.4 is 4.90 Å². The number of fused-ring (bicyclic) bond motifs is 9. The van der Waals surface area contributed by atoms with Crippen molar-refractivity contribution in [2.24, 2.45) is 0 Å². The Bertz CT molecular complexity index is 2120. The van der Waals surface area contributed by atoms with E-state index < -0.39 is 0 Å². The van der Waals surface area contributed by atoms with Crippen LogP contribution in [-0.4, -0.2) is 0 Å². The van der Waals surface area contributed by atoms with Crippen LogP contribution in [0.3, 0.4) is 0 Å². The lowest BCUT2D eigenvalue weighted by atomic mass is 9.76. The van der Waals surface area contributed by atoms with E-state index in [1.807, 2.05) is 0 Å². The van der Waals surface area contributed by atoms with Crippen LogP contribution in [0.2, 0.25) is 0 Å². The summed E-state index contributed by atoms with van der Waals surface area (Å²) in [4.78, 5) is 2.51. The Morgan fingerprint density at radius 3 is 1.77 bits per heavy atom. The van der Waals surface area contributed by atoms with E-state index >= 15 is 0 Å². The van der Waals surface area contributed by atoms with Gasteiger partial charge >= 0.3 is 0 Å². The average molecular weight is 568 g/mol. The Labute approximate surface area is 260 Å². The van der Waals surface area contributed by atoms with Gasteiger partial charge in [0.1, 0.15) is 0 Å². The fourth-order valence-corrected chi connectivity index (χ4v) is 8.87. The first-order valence-electron chi connectivity index (χ1n) is 16.2. The summed E-state index contributed by atoms with van der Waals surface area (Å²) in [6.07, 6.45) is 5.07. The maximum Gasteiger partial charge on any atom is 0.0468 e. The normalized spacial score (nSPS) is 16.5. The van der Waals surface area contributed by atoms with Crippen molar-refractivity contribution in [1.29, 1.82) is 0 Å². The van der Waals surface area contributed by atoms with Crippen LogP contribution in [0.4, 0.5) is 17.1 Å². The highest BCUT2D eigenvalue weighted by atomic mass is 15.1. The lowest BCUT2D eigenvalue weighted by Gasteiger charge is -2.31. The second-order valence-corrected chi connectivity index (χ2v) is 13.8. The third-order valence-electron chi connectivity index (χ3n) is 11.0. The smallest absolute Gasteiger partial charge is 0.0468 e. The van der Waals surface area contributed by atoms with Crippen molar-refractivity contribution in [2.75, 3.05) is 4.90 Å². The molecular weight excluding hydrogens is 530 g/mol. The molecule has 0 unspecified atom stereocenters. The van der Waals surface area contributed by atoms with Crippen molar-refractivity contribution in [3.63, 3.8) is 0 Å². The molecule has 0 heterocycles. The standard InChI is InChI=1S/C43H37N/c1-28-14-15-29-16-17-31(25-30(29)24-28)44(32-18-20-36-34-10-4-6-12-38(34)42(2,3)40(36)26-32)33-19-21-37-35-11-5-7-13-39(35)43(41(37)27-33)22-8-9-23-43/h4-7,10-21,24-27H,8-9,22-23H2,1-3H3. The van der Waals surface area contributed by atoms with Crippen LogP contribution in [0.15, 0.2) is 121 Å². The molecule has 44 heavy (non-hydrogen) atoms. The van der Waals surface area contributed by atoms with Gasteiger partial charge in [0.25, 0.3) is 0 Å². The molecule has 1 heteroatoms. The summed E-state index contributed by atoms with van der Waals surface area (Å²) in [5.41, 5.74) is 16.5. The summed E-state index contributed by atoms with van der Waals surface area (Å²) in [7, 11) is 0. The van der Waals surface area contributed by atoms with Crippen LogP contribution >= 0.6 is 0 Å². The molecule has 0 radical (unpaired) electrons. The maximum atomic E-state index is 2.54. The number of nitrogens with zero attached hydrogens (tertiary/aromatic N) is 1. The number of anilines is 3. The molecule has 0 amide bonds. The molecule has 0 atom stereocenters. The Balaban J connectivity index is 1.27. The summed E-state index contributed by atoms with van der Waals surface area (Å²) in [5, 5.41) is 2.56. The van der Waals surface area contributed by atoms with Gasteiger partial charge in [-0.2, -0.15) is 0 Å². The van der Waals surface area contributed by atoms with Crippen molar-refractivity contribution in [2.45, 2.75) is 57.3 Å². The van der Waals surface area contributed by atoms with E-state index in [0.29, 0.717) is 0 Å². The van der Waals surface area contributed by atoms with Crippen molar-refractivity contribution in [1.82, 2.24) is 0 Å². The van der Waals surface area contributed by atoms with E-state index in [4.69, 9.17) is 0 Å². The third-order valence-corrected chi connectivity index (χ3v) is 11.0. The molecule has 1 fully saturated rings. The van der Waals surface area contributed by atoms with Gasteiger partial charge in [-0.05, 0) is 111 Å². The molecule has 3 aliphatic carbocycles. The molecule has 0 N–H and O–H groups in total. The number of rotatable bonds is 3. The number of hydrogen-bond acceptors (Lipinski definition) is 1. The van der Waals surface area contributed by atoms with Crippen LogP contribution in [0.25, 0.3) is 33.0 Å². The van der Waals surface area contributed by atoms with Gasteiger partial charge in [-0.1, -0.05) is 117 Å². The second-order valence-electron chi connectivity index (χ2n) is 13.8. The van der Waals surface area contributed by atoms with Crippen LogP contribution in [-0.2, 0) is 10.8 Å². The lowest BCUT2D eigenvalue weighted by molar-refractivity contribution is 0.550. The topological polar surface area (TPSA) is 3.24 Å². The zero-order chi connectivity index (χ0) is 29.6. The van der Waals surface area contributed by atoms with Gasteiger partial charge in [-0.3, -0.25) is 0 Å². The molecule has 6 aromatic rings. The summed E-state index contributed by atoms with van der Waals surface area (Å²) >= 11 is 0. The zero-order valence-electron chi connectivity index (χ0n) is 25.8. The average Bonchev–Trinajstić information content (AvgIpc) is 3.71. The molecule has 0 aliphatic heterocycles. The van der Waals surface area contributed by atoms with Crippen LogP contribution in [0.1, 0.15) is 67.3 Å². The van der Waals surface area contributed by atoms with Gasteiger partial charge in [0, 0.05) is 27.9 Å². The van der Waals surface area contributed by atoms with Gasteiger partial charge in [0.15, 0.2) is 0 Å². The fourth-order valence-electron chi connectivity index (χ4n) is 8.87. The quantitative estimate of drug-likeness (QED) is 0.206. The van der Waals surface area contributed by atoms with Gasteiger partial charge in [-0.25, -0.2) is 0 Å². The number of hydrogen-bond donors (Lipinski definition) is 0. The first-order chi connectivity index (χ1) is 21.4. The highest BCUT2D eigenvalue weighted by molar-refractivity contribution is 5.92. The van der Waals surface area contributed by atoms with Crippen molar-refractivity contribution in [3.05, 3.63) is 149 Å². The Morgan fingerprint density at radius 2 is 1.02 bits per heavy atom. The summed E-state index contributed by atoms with van der Waals surface area (Å²) in [5.74, 6) is 0. The van der Waals surface area contributed by atoms with Gasteiger partial charge in [0.05, 0.1) is 0 Å². The predicted molar refractivity (Wildman–Crippen MR) is 186 cm³/mol. The van der Waals surface area contributed by atoms with E-state index in [-0.39, 0.29) is 10.8 Å². The van der Waals surface area contributed by atoms with Crippen LogP contribution in [0, 0.1) is 6.92 Å². The fraction of sp³-hybridized carbons (Fsp3) is 0.209. The van der Waals surface area contributed by atoms with E-state index in [0.717, 1.165) is 0 Å². The minimum atomic E-state index is -0.0540. The molecule has 6 aromatic carbocycles. The highest BCUT2D eigenvalue weighted by Crippen LogP contribution is 2.58. The monoisotopic (exact) mass is 567 g/mol. The Hall–Kier alpha value is -4.62. The summed E-state index contributed by atoms with van der Waals surface area (Å²) in [6.45, 7) is 6.94. The summed E-state index contributed by atoms with van der Waals surface area (Å²) in [6, 6.07) is 46.3. The Kier molecular flexibility index (Phi) is 5.40. The first-order valence-corrected chi connectivity index (χ1v) is 16.2. The molecule has 1 nitrogen and oxygen atoms in total. The molecule has 214 valence electrons. The van der Waals surface area contributed by atoms with Gasteiger partial charge in [0.2, 0.25) is 0 Å². The third kappa shape index (κ3) is 3.53. The van der Waals surface area contributed by atoms with Crippen molar-refractivity contribution < 1.29 is 0 Å². The van der Waals surface area contributed by atoms with E-state index in [2.05, 4.69) is 147 Å². The maximum absolute atomic E-state index is 2.54. The molecule has 1 spiro atoms. The van der Waals surface area contributed by atoms with Gasteiger partial charge < -0.3 is 4.90 Å². The summed E-state index contributed by atoms with van der Waals surface area (Å²) < 4.78 is 0. The van der Waals surface area contributed by atoms with E-state index in [1.54, 1.807) is 0 Å². The zero-order valence-corrected chi connectivity index (χ0v) is 25.8. The number of aryl methyl sites for hydroxylation is 1. The lowest BCUT2D eigenvalue weighted by Crippen LogP contribution is -2.21. The molecule has 0 aromatic heterocycles. The minimum absolute atomic E-state index is 0.0540. The van der Waals surface area contributed by atoms with Gasteiger partial charge in [-0.15, -0.1) is 0 Å². The molecule has 0 bridgehead atoms. The highest BCUT2D eigenvalue weighted by Gasteiger charge is 2.45. The molecule has 1 saturated carbocycles. The molecule has 9 rings (SSSR count). The SMILES string of the molecule is Cc1ccc2ccc(N(c3ccc4c(c3)C(C)(C)c3ccccc3-4)c3ccc4c(c3)C3(CCCC3)c3ccccc3-4)cc2c1. The first kappa shape index (κ1) is 25.8. The molecular formula is C43H37N. The Morgan fingerprint density at radius 1 is 0.477 bits per heavy atom. The van der Waals surface area contributed by atoms with E-state index in [9.17, 15) is 0 Å². The number of benzene rings is 6. The minimum Gasteiger partial charge on any atom is -0.310 e. The largest absolute Gasteiger partial charge is 0.310 e.